The number of piperidine rings is 1. The van der Waals surface area contributed by atoms with Crippen LogP contribution in [-0.2, 0) is 4.79 Å². The first-order valence-electron chi connectivity index (χ1n) is 7.44. The molecule has 0 aliphatic carbocycles. The summed E-state index contributed by atoms with van der Waals surface area (Å²) in [5, 5.41) is 8.94. The molecule has 1 aromatic heterocycles. The van der Waals surface area contributed by atoms with E-state index in [-0.39, 0.29) is 12.3 Å². The van der Waals surface area contributed by atoms with Crippen LogP contribution >= 0.6 is 0 Å². The molecule has 1 aliphatic rings. The third-order valence-corrected chi connectivity index (χ3v) is 4.45. The summed E-state index contributed by atoms with van der Waals surface area (Å²) in [6.45, 7) is 6.31. The highest BCUT2D eigenvalue weighted by atomic mass is 16.4. The largest absolute Gasteiger partial charge is 0.481 e. The van der Waals surface area contributed by atoms with Gasteiger partial charge in [-0.05, 0) is 50.3 Å². The normalized spacial score (nSPS) is 23.2. The van der Waals surface area contributed by atoms with Gasteiger partial charge >= 0.3 is 5.97 Å². The van der Waals surface area contributed by atoms with Crippen molar-refractivity contribution in [2.24, 2.45) is 11.8 Å². The van der Waals surface area contributed by atoms with Gasteiger partial charge in [0.15, 0.2) is 0 Å². The molecule has 110 valence electrons. The van der Waals surface area contributed by atoms with Crippen LogP contribution in [-0.4, -0.2) is 34.0 Å². The average molecular weight is 276 g/mol. The van der Waals surface area contributed by atoms with Crippen molar-refractivity contribution in [1.82, 2.24) is 9.88 Å². The number of aliphatic carboxylic acids is 1. The van der Waals surface area contributed by atoms with E-state index in [0.29, 0.717) is 12.0 Å². The monoisotopic (exact) mass is 276 g/mol. The van der Waals surface area contributed by atoms with Gasteiger partial charge in [0, 0.05) is 25.2 Å². The highest BCUT2D eigenvalue weighted by molar-refractivity contribution is 5.67. The zero-order valence-electron chi connectivity index (χ0n) is 12.3. The molecule has 4 heteroatoms. The Morgan fingerprint density at radius 1 is 1.50 bits per heavy atom. The third-order valence-electron chi connectivity index (χ3n) is 4.45. The Labute approximate surface area is 120 Å². The van der Waals surface area contributed by atoms with Gasteiger partial charge in [0.05, 0.1) is 5.69 Å². The van der Waals surface area contributed by atoms with Crippen LogP contribution in [0.5, 0.6) is 0 Å². The number of pyridine rings is 1. The molecule has 0 aromatic carbocycles. The number of carboxylic acid groups (broad SMARTS) is 1. The van der Waals surface area contributed by atoms with E-state index in [0.717, 1.165) is 31.6 Å². The molecule has 1 aliphatic heterocycles. The topological polar surface area (TPSA) is 53.4 Å². The van der Waals surface area contributed by atoms with E-state index in [1.165, 1.54) is 0 Å². The molecule has 3 atom stereocenters. The van der Waals surface area contributed by atoms with Crippen LogP contribution in [0.15, 0.2) is 24.4 Å². The predicted octanol–water partition coefficient (Wildman–Crippen LogP) is 2.97. The van der Waals surface area contributed by atoms with E-state index in [2.05, 4.69) is 29.8 Å². The molecule has 0 spiro atoms. The van der Waals surface area contributed by atoms with E-state index in [4.69, 9.17) is 5.11 Å². The van der Waals surface area contributed by atoms with Crippen molar-refractivity contribution in [2.75, 3.05) is 13.1 Å². The molecular formula is C16H24N2O2. The summed E-state index contributed by atoms with van der Waals surface area (Å²) in [6, 6.07) is 6.32. The minimum atomic E-state index is -0.688. The quantitative estimate of drug-likeness (QED) is 0.898. The van der Waals surface area contributed by atoms with E-state index in [1.807, 2.05) is 18.3 Å². The number of rotatable bonds is 5. The van der Waals surface area contributed by atoms with Crippen molar-refractivity contribution >= 4 is 5.97 Å². The Kier molecular flexibility index (Phi) is 5.12. The maximum Gasteiger partial charge on any atom is 0.303 e. The summed E-state index contributed by atoms with van der Waals surface area (Å²) in [4.78, 5) is 17.7. The van der Waals surface area contributed by atoms with Crippen LogP contribution in [0.2, 0.25) is 0 Å². The molecule has 0 amide bonds. The molecule has 0 saturated carbocycles. The molecule has 1 saturated heterocycles. The van der Waals surface area contributed by atoms with Gasteiger partial charge in [-0.3, -0.25) is 14.7 Å². The van der Waals surface area contributed by atoms with Crippen LogP contribution in [0.3, 0.4) is 0 Å². The Morgan fingerprint density at radius 3 is 2.95 bits per heavy atom. The summed E-state index contributed by atoms with van der Waals surface area (Å²) in [5.41, 5.74) is 1.10. The SMILES string of the molecule is CC(CC(=O)O)C1CCCN(C(C)c2ccccn2)C1. The van der Waals surface area contributed by atoms with Gasteiger partial charge in [0.2, 0.25) is 0 Å². The Bertz CT molecular complexity index is 435. The number of carboxylic acids is 1. The predicted molar refractivity (Wildman–Crippen MR) is 78.4 cm³/mol. The van der Waals surface area contributed by atoms with Crippen molar-refractivity contribution < 1.29 is 9.90 Å². The zero-order valence-corrected chi connectivity index (χ0v) is 12.3. The first-order valence-corrected chi connectivity index (χ1v) is 7.44. The standard InChI is InChI=1S/C16H24N2O2/c1-12(10-16(19)20)14-6-5-9-18(11-14)13(2)15-7-3-4-8-17-15/h3-4,7-8,12-14H,5-6,9-11H2,1-2H3,(H,19,20). The fraction of sp³-hybridized carbons (Fsp3) is 0.625. The van der Waals surface area contributed by atoms with E-state index >= 15 is 0 Å². The van der Waals surface area contributed by atoms with E-state index in [1.54, 1.807) is 0 Å². The highest BCUT2D eigenvalue weighted by Crippen LogP contribution is 2.30. The summed E-state index contributed by atoms with van der Waals surface area (Å²) in [6.07, 6.45) is 4.39. The van der Waals surface area contributed by atoms with Crippen LogP contribution < -0.4 is 0 Å². The first-order chi connectivity index (χ1) is 9.58. The molecule has 2 rings (SSSR count). The maximum absolute atomic E-state index is 10.9. The van der Waals surface area contributed by atoms with Crippen molar-refractivity contribution in [3.8, 4) is 0 Å². The lowest BCUT2D eigenvalue weighted by Gasteiger charge is -2.38. The lowest BCUT2D eigenvalue weighted by Crippen LogP contribution is -2.40. The lowest BCUT2D eigenvalue weighted by molar-refractivity contribution is -0.138. The number of likely N-dealkylation sites (tertiary alicyclic amines) is 1. The second kappa shape index (κ2) is 6.84. The second-order valence-electron chi connectivity index (χ2n) is 5.90. The summed E-state index contributed by atoms with van der Waals surface area (Å²) >= 11 is 0. The molecule has 2 heterocycles. The smallest absolute Gasteiger partial charge is 0.303 e. The molecule has 3 unspecified atom stereocenters. The number of nitrogens with zero attached hydrogens (tertiary/aromatic N) is 2. The van der Waals surface area contributed by atoms with Crippen LogP contribution in [0.1, 0.15) is 44.8 Å². The van der Waals surface area contributed by atoms with Gasteiger partial charge in [-0.1, -0.05) is 13.0 Å². The number of carbonyl (C=O) groups is 1. The van der Waals surface area contributed by atoms with E-state index < -0.39 is 5.97 Å². The molecule has 20 heavy (non-hydrogen) atoms. The van der Waals surface area contributed by atoms with Gasteiger partial charge in [0.1, 0.15) is 0 Å². The van der Waals surface area contributed by atoms with Crippen LogP contribution in [0, 0.1) is 11.8 Å². The second-order valence-corrected chi connectivity index (χ2v) is 5.90. The van der Waals surface area contributed by atoms with Crippen LogP contribution in [0.25, 0.3) is 0 Å². The minimum absolute atomic E-state index is 0.242. The molecule has 0 radical (unpaired) electrons. The van der Waals surface area contributed by atoms with Gasteiger partial charge in [-0.2, -0.15) is 0 Å². The van der Waals surface area contributed by atoms with Gasteiger partial charge < -0.3 is 5.11 Å². The highest BCUT2D eigenvalue weighted by Gasteiger charge is 2.28. The Morgan fingerprint density at radius 2 is 2.30 bits per heavy atom. The summed E-state index contributed by atoms with van der Waals surface area (Å²) in [7, 11) is 0. The van der Waals surface area contributed by atoms with Gasteiger partial charge in [-0.25, -0.2) is 0 Å². The minimum Gasteiger partial charge on any atom is -0.481 e. The average Bonchev–Trinajstić information content (AvgIpc) is 2.47. The maximum atomic E-state index is 10.9. The Balaban J connectivity index is 1.98. The fourth-order valence-corrected chi connectivity index (χ4v) is 3.11. The van der Waals surface area contributed by atoms with Crippen LogP contribution in [0.4, 0.5) is 0 Å². The first kappa shape index (κ1) is 15.0. The van der Waals surface area contributed by atoms with Crippen molar-refractivity contribution in [3.05, 3.63) is 30.1 Å². The number of aromatic nitrogens is 1. The fourth-order valence-electron chi connectivity index (χ4n) is 3.11. The Hall–Kier alpha value is -1.42. The molecule has 1 N–H and O–H groups in total. The van der Waals surface area contributed by atoms with E-state index in [9.17, 15) is 4.79 Å². The molecule has 1 aromatic rings. The molecular weight excluding hydrogens is 252 g/mol. The van der Waals surface area contributed by atoms with Crippen molar-refractivity contribution in [1.29, 1.82) is 0 Å². The molecule has 4 nitrogen and oxygen atoms in total. The summed E-state index contributed by atoms with van der Waals surface area (Å²) < 4.78 is 0. The summed E-state index contributed by atoms with van der Waals surface area (Å²) in [5.74, 6) is 0.0321. The lowest BCUT2D eigenvalue weighted by atomic mass is 9.84. The number of hydrogen-bond donors (Lipinski definition) is 1. The molecule has 1 fully saturated rings. The number of hydrogen-bond acceptors (Lipinski definition) is 3. The van der Waals surface area contributed by atoms with Crippen molar-refractivity contribution in [2.45, 2.75) is 39.2 Å². The zero-order chi connectivity index (χ0) is 14.5. The van der Waals surface area contributed by atoms with Crippen molar-refractivity contribution in [3.63, 3.8) is 0 Å². The van der Waals surface area contributed by atoms with Gasteiger partial charge in [-0.15, -0.1) is 0 Å². The molecule has 0 bridgehead atoms. The third kappa shape index (κ3) is 3.79. The van der Waals surface area contributed by atoms with Gasteiger partial charge in [0.25, 0.3) is 0 Å².